The number of ketones is 2. The summed E-state index contributed by atoms with van der Waals surface area (Å²) in [5, 5.41) is 0. The van der Waals surface area contributed by atoms with Crippen LogP contribution < -0.4 is 0 Å². The highest BCUT2D eigenvalue weighted by Crippen LogP contribution is 2.13. The van der Waals surface area contributed by atoms with Gasteiger partial charge in [-0.25, -0.2) is 0 Å². The molecule has 0 saturated carbocycles. The van der Waals surface area contributed by atoms with Gasteiger partial charge < -0.3 is 0 Å². The van der Waals surface area contributed by atoms with Gasteiger partial charge in [0.1, 0.15) is 0 Å². The standard InChI is InChI=1S/C22H18O2/c23-21(19-11-5-2-6-12-19)22(24)20-13-7-10-18(16-20)15-14-17-8-3-1-4-9-17/h1-13,16H,14-15H2. The predicted molar refractivity (Wildman–Crippen MR) is 95.4 cm³/mol. The number of benzene rings is 3. The van der Waals surface area contributed by atoms with Gasteiger partial charge in [0.05, 0.1) is 0 Å². The van der Waals surface area contributed by atoms with Crippen molar-refractivity contribution in [3.63, 3.8) is 0 Å². The van der Waals surface area contributed by atoms with Crippen molar-refractivity contribution in [3.05, 3.63) is 107 Å². The Hall–Kier alpha value is -3.00. The molecular weight excluding hydrogens is 296 g/mol. The zero-order valence-corrected chi connectivity index (χ0v) is 13.3. The molecule has 0 atom stereocenters. The van der Waals surface area contributed by atoms with Gasteiger partial charge in [-0.1, -0.05) is 78.9 Å². The topological polar surface area (TPSA) is 34.1 Å². The van der Waals surface area contributed by atoms with Crippen LogP contribution in [0.15, 0.2) is 84.9 Å². The Bertz CT molecular complexity index is 836. The first-order valence-electron chi connectivity index (χ1n) is 8.01. The molecule has 0 fully saturated rings. The van der Waals surface area contributed by atoms with E-state index in [2.05, 4.69) is 12.1 Å². The number of carbonyl (C=O) groups excluding carboxylic acids is 2. The molecule has 0 unspecified atom stereocenters. The second kappa shape index (κ2) is 7.51. The molecule has 0 N–H and O–H groups in total. The number of carbonyl (C=O) groups is 2. The van der Waals surface area contributed by atoms with Crippen molar-refractivity contribution in [2.24, 2.45) is 0 Å². The van der Waals surface area contributed by atoms with Crippen molar-refractivity contribution >= 4 is 11.6 Å². The lowest BCUT2D eigenvalue weighted by molar-refractivity contribution is 0.0817. The van der Waals surface area contributed by atoms with E-state index < -0.39 is 11.6 Å². The highest BCUT2D eigenvalue weighted by molar-refractivity contribution is 6.49. The summed E-state index contributed by atoms with van der Waals surface area (Å²) in [5.41, 5.74) is 3.20. The van der Waals surface area contributed by atoms with Gasteiger partial charge in [0.2, 0.25) is 11.6 Å². The van der Waals surface area contributed by atoms with Crippen molar-refractivity contribution in [2.45, 2.75) is 12.8 Å². The van der Waals surface area contributed by atoms with Crippen LogP contribution >= 0.6 is 0 Å². The third-order valence-corrected chi connectivity index (χ3v) is 3.98. The Kier molecular flexibility index (Phi) is 4.97. The van der Waals surface area contributed by atoms with Crippen molar-refractivity contribution < 1.29 is 9.59 Å². The summed E-state index contributed by atoms with van der Waals surface area (Å²) in [7, 11) is 0. The summed E-state index contributed by atoms with van der Waals surface area (Å²) >= 11 is 0. The quantitative estimate of drug-likeness (QED) is 0.494. The average Bonchev–Trinajstić information content (AvgIpc) is 2.67. The Morgan fingerprint density at radius 2 is 1.04 bits per heavy atom. The molecule has 2 heteroatoms. The largest absolute Gasteiger partial charge is 0.285 e. The maximum Gasteiger partial charge on any atom is 0.233 e. The van der Waals surface area contributed by atoms with E-state index in [9.17, 15) is 9.59 Å². The lowest BCUT2D eigenvalue weighted by Crippen LogP contribution is -2.14. The highest BCUT2D eigenvalue weighted by atomic mass is 16.2. The van der Waals surface area contributed by atoms with Crippen LogP contribution in [-0.4, -0.2) is 11.6 Å². The molecule has 0 bridgehead atoms. The zero-order chi connectivity index (χ0) is 16.8. The number of aryl methyl sites for hydroxylation is 2. The van der Waals surface area contributed by atoms with Crippen LogP contribution in [0.25, 0.3) is 0 Å². The summed E-state index contributed by atoms with van der Waals surface area (Å²) in [4.78, 5) is 24.7. The maximum absolute atomic E-state index is 12.4. The van der Waals surface area contributed by atoms with E-state index in [4.69, 9.17) is 0 Å². The van der Waals surface area contributed by atoms with Crippen LogP contribution in [0.5, 0.6) is 0 Å². The molecule has 3 aromatic carbocycles. The fraction of sp³-hybridized carbons (Fsp3) is 0.0909. The molecule has 0 aliphatic rings. The Balaban J connectivity index is 1.73. The molecule has 0 saturated heterocycles. The number of hydrogen-bond donors (Lipinski definition) is 0. The normalized spacial score (nSPS) is 10.3. The van der Waals surface area contributed by atoms with Crippen molar-refractivity contribution in [1.82, 2.24) is 0 Å². The third-order valence-electron chi connectivity index (χ3n) is 3.98. The second-order valence-electron chi connectivity index (χ2n) is 5.71. The SMILES string of the molecule is O=C(C(=O)c1cccc(CCc2ccccc2)c1)c1ccccc1. The van der Waals surface area contributed by atoms with Gasteiger partial charge >= 0.3 is 0 Å². The van der Waals surface area contributed by atoms with Crippen LogP contribution in [0.4, 0.5) is 0 Å². The van der Waals surface area contributed by atoms with Gasteiger partial charge in [-0.3, -0.25) is 9.59 Å². The highest BCUT2D eigenvalue weighted by Gasteiger charge is 2.18. The summed E-state index contributed by atoms with van der Waals surface area (Å²) < 4.78 is 0. The average molecular weight is 314 g/mol. The van der Waals surface area contributed by atoms with Gasteiger partial charge in [-0.05, 0) is 30.0 Å². The fourth-order valence-electron chi connectivity index (χ4n) is 2.65. The first-order valence-corrected chi connectivity index (χ1v) is 8.01. The maximum atomic E-state index is 12.4. The molecule has 0 aliphatic heterocycles. The zero-order valence-electron chi connectivity index (χ0n) is 13.3. The Labute approximate surface area is 141 Å². The van der Waals surface area contributed by atoms with E-state index >= 15 is 0 Å². The van der Waals surface area contributed by atoms with Gasteiger partial charge in [-0.2, -0.15) is 0 Å². The molecule has 24 heavy (non-hydrogen) atoms. The molecular formula is C22H18O2. The molecule has 2 nitrogen and oxygen atoms in total. The smallest absolute Gasteiger partial charge is 0.233 e. The molecule has 0 spiro atoms. The number of Topliss-reactive ketones (excluding diaryl/α,β-unsaturated/α-hetero) is 2. The third kappa shape index (κ3) is 3.85. The van der Waals surface area contributed by atoms with Gasteiger partial charge in [-0.15, -0.1) is 0 Å². The minimum absolute atomic E-state index is 0.428. The molecule has 0 amide bonds. The molecule has 3 aromatic rings. The van der Waals surface area contributed by atoms with Crippen molar-refractivity contribution in [2.75, 3.05) is 0 Å². The van der Waals surface area contributed by atoms with E-state index in [1.165, 1.54) is 5.56 Å². The first-order chi connectivity index (χ1) is 11.7. The van der Waals surface area contributed by atoms with Crippen LogP contribution in [0.3, 0.4) is 0 Å². The number of hydrogen-bond acceptors (Lipinski definition) is 2. The lowest BCUT2D eigenvalue weighted by atomic mass is 9.98. The van der Waals surface area contributed by atoms with E-state index in [0.717, 1.165) is 18.4 Å². The van der Waals surface area contributed by atoms with E-state index in [1.54, 1.807) is 30.3 Å². The summed E-state index contributed by atoms with van der Waals surface area (Å²) in [5.74, 6) is -0.918. The molecule has 0 radical (unpaired) electrons. The monoisotopic (exact) mass is 314 g/mol. The summed E-state index contributed by atoms with van der Waals surface area (Å²) in [6.45, 7) is 0. The second-order valence-corrected chi connectivity index (χ2v) is 5.71. The fourth-order valence-corrected chi connectivity index (χ4v) is 2.65. The van der Waals surface area contributed by atoms with E-state index in [1.807, 2.05) is 42.5 Å². The Morgan fingerprint density at radius 1 is 0.542 bits per heavy atom. The van der Waals surface area contributed by atoms with E-state index in [0.29, 0.717) is 11.1 Å². The Morgan fingerprint density at radius 3 is 1.75 bits per heavy atom. The van der Waals surface area contributed by atoms with Crippen LogP contribution in [-0.2, 0) is 12.8 Å². The summed E-state index contributed by atoms with van der Waals surface area (Å²) in [6, 6.07) is 26.3. The summed E-state index contributed by atoms with van der Waals surface area (Å²) in [6.07, 6.45) is 1.75. The molecule has 118 valence electrons. The molecule has 0 aromatic heterocycles. The van der Waals surface area contributed by atoms with Crippen LogP contribution in [0, 0.1) is 0 Å². The van der Waals surface area contributed by atoms with Crippen LogP contribution in [0.1, 0.15) is 31.8 Å². The first kappa shape index (κ1) is 15.9. The number of rotatable bonds is 6. The molecule has 0 heterocycles. The molecule has 0 aliphatic carbocycles. The van der Waals surface area contributed by atoms with Crippen molar-refractivity contribution in [3.8, 4) is 0 Å². The molecule has 3 rings (SSSR count). The van der Waals surface area contributed by atoms with Crippen LogP contribution in [0.2, 0.25) is 0 Å². The predicted octanol–water partition coefficient (Wildman–Crippen LogP) is 4.54. The minimum atomic E-state index is -0.462. The lowest BCUT2D eigenvalue weighted by Gasteiger charge is -2.05. The van der Waals surface area contributed by atoms with Crippen molar-refractivity contribution in [1.29, 1.82) is 0 Å². The van der Waals surface area contributed by atoms with E-state index in [-0.39, 0.29) is 0 Å². The minimum Gasteiger partial charge on any atom is -0.285 e. The van der Waals surface area contributed by atoms with Gasteiger partial charge in [0.25, 0.3) is 0 Å². The van der Waals surface area contributed by atoms with Gasteiger partial charge in [0.15, 0.2) is 0 Å². The van der Waals surface area contributed by atoms with Gasteiger partial charge in [0, 0.05) is 11.1 Å².